The van der Waals surface area contributed by atoms with E-state index in [0.29, 0.717) is 46.9 Å². The Morgan fingerprint density at radius 1 is 1.15 bits per heavy atom. The Labute approximate surface area is 165 Å². The van der Waals surface area contributed by atoms with Crippen LogP contribution in [0, 0.1) is 13.8 Å². The van der Waals surface area contributed by atoms with Gasteiger partial charge in [0.05, 0.1) is 12.8 Å². The number of rotatable bonds is 8. The quantitative estimate of drug-likeness (QED) is 0.703. The van der Waals surface area contributed by atoms with Gasteiger partial charge in [0.25, 0.3) is 5.91 Å². The molecular weight excluding hydrogens is 364 g/mol. The molecule has 1 N–H and O–H groups in total. The van der Waals surface area contributed by atoms with Gasteiger partial charge in [-0.05, 0) is 44.4 Å². The van der Waals surface area contributed by atoms with Gasteiger partial charge in [0.2, 0.25) is 5.95 Å². The monoisotopic (exact) mass is 390 g/mol. The van der Waals surface area contributed by atoms with Gasteiger partial charge in [-0.1, -0.05) is 25.4 Å². The van der Waals surface area contributed by atoms with Crippen LogP contribution in [-0.2, 0) is 0 Å². The van der Waals surface area contributed by atoms with E-state index < -0.39 is 0 Å². The highest BCUT2D eigenvalue weighted by atomic mass is 35.5. The zero-order valence-corrected chi connectivity index (χ0v) is 17.4. The molecule has 7 heteroatoms. The summed E-state index contributed by atoms with van der Waals surface area (Å²) >= 11 is 6.16. The minimum Gasteiger partial charge on any atom is -0.495 e. The Bertz CT molecular complexity index is 805. The highest BCUT2D eigenvalue weighted by Gasteiger charge is 2.18. The highest BCUT2D eigenvalue weighted by Crippen LogP contribution is 2.32. The smallest absolute Gasteiger partial charge is 0.272 e. The summed E-state index contributed by atoms with van der Waals surface area (Å²) in [7, 11) is 1.58. The predicted molar refractivity (Wildman–Crippen MR) is 109 cm³/mol. The van der Waals surface area contributed by atoms with Gasteiger partial charge < -0.3 is 15.0 Å². The summed E-state index contributed by atoms with van der Waals surface area (Å²) in [5.74, 6) is 0.861. The molecule has 0 saturated carbocycles. The third-order valence-corrected chi connectivity index (χ3v) is 4.48. The number of nitrogens with zero attached hydrogens (tertiary/aromatic N) is 3. The number of benzene rings is 1. The molecule has 0 aliphatic rings. The molecule has 1 heterocycles. The van der Waals surface area contributed by atoms with Crippen LogP contribution >= 0.6 is 11.6 Å². The molecule has 1 amide bonds. The van der Waals surface area contributed by atoms with Gasteiger partial charge in [0.1, 0.15) is 11.4 Å². The zero-order valence-electron chi connectivity index (χ0n) is 16.6. The zero-order chi connectivity index (χ0) is 20.0. The van der Waals surface area contributed by atoms with Crippen molar-refractivity contribution in [2.45, 2.75) is 40.5 Å². The van der Waals surface area contributed by atoms with Crippen LogP contribution < -0.4 is 10.1 Å². The third-order valence-electron chi connectivity index (χ3n) is 4.07. The number of hydrogen-bond acceptors (Lipinski definition) is 5. The number of hydrogen-bond donors (Lipinski definition) is 1. The highest BCUT2D eigenvalue weighted by molar-refractivity contribution is 6.31. The Morgan fingerprint density at radius 2 is 1.81 bits per heavy atom. The largest absolute Gasteiger partial charge is 0.495 e. The van der Waals surface area contributed by atoms with E-state index in [2.05, 4.69) is 29.1 Å². The first-order chi connectivity index (χ1) is 12.9. The number of halogens is 1. The molecule has 2 aromatic rings. The number of carbonyl (C=O) groups excluding carboxylic acids is 1. The Hall–Kier alpha value is -2.34. The van der Waals surface area contributed by atoms with Gasteiger partial charge in [-0.2, -0.15) is 0 Å². The summed E-state index contributed by atoms with van der Waals surface area (Å²) in [5.41, 5.74) is 2.70. The first-order valence-corrected chi connectivity index (χ1v) is 9.53. The SMILES string of the molecule is CCCN(CCC)C(=O)c1cc(C)nc(Nc2cc(C)c(Cl)cc2OC)n1. The van der Waals surface area contributed by atoms with Crippen molar-refractivity contribution in [3.05, 3.63) is 40.2 Å². The van der Waals surface area contributed by atoms with Crippen molar-refractivity contribution in [1.29, 1.82) is 0 Å². The number of aryl methyl sites for hydroxylation is 2. The molecular formula is C20H27ClN4O2. The predicted octanol–water partition coefficient (Wildman–Crippen LogP) is 4.76. The third kappa shape index (κ3) is 5.32. The average Bonchev–Trinajstić information content (AvgIpc) is 2.63. The minimum absolute atomic E-state index is 0.0773. The average molecular weight is 391 g/mol. The standard InChI is InChI=1S/C20H27ClN4O2/c1-6-8-25(9-7-2)19(26)17-11-14(4)22-20(24-17)23-16-10-13(3)15(21)12-18(16)27-5/h10-12H,6-9H2,1-5H3,(H,22,23,24). The van der Waals surface area contributed by atoms with Crippen molar-refractivity contribution >= 4 is 29.1 Å². The Morgan fingerprint density at radius 3 is 2.41 bits per heavy atom. The molecule has 146 valence electrons. The number of amides is 1. The molecule has 2 rings (SSSR count). The van der Waals surface area contributed by atoms with E-state index in [1.807, 2.05) is 24.8 Å². The lowest BCUT2D eigenvalue weighted by Gasteiger charge is -2.21. The van der Waals surface area contributed by atoms with E-state index >= 15 is 0 Å². The maximum Gasteiger partial charge on any atom is 0.272 e. The molecule has 0 aliphatic carbocycles. The van der Waals surface area contributed by atoms with E-state index in [1.165, 1.54) is 0 Å². The summed E-state index contributed by atoms with van der Waals surface area (Å²) in [5, 5.41) is 3.77. The van der Waals surface area contributed by atoms with Gasteiger partial charge in [-0.3, -0.25) is 4.79 Å². The molecule has 0 fully saturated rings. The van der Waals surface area contributed by atoms with Gasteiger partial charge in [0.15, 0.2) is 0 Å². The van der Waals surface area contributed by atoms with Crippen molar-refractivity contribution in [2.75, 3.05) is 25.5 Å². The molecule has 0 spiro atoms. The summed E-state index contributed by atoms with van der Waals surface area (Å²) in [4.78, 5) is 23.5. The molecule has 6 nitrogen and oxygen atoms in total. The van der Waals surface area contributed by atoms with Crippen molar-refractivity contribution in [3.8, 4) is 5.75 Å². The number of aromatic nitrogens is 2. The molecule has 0 aliphatic heterocycles. The van der Waals surface area contributed by atoms with Crippen LogP contribution in [0.4, 0.5) is 11.6 Å². The number of anilines is 2. The molecule has 27 heavy (non-hydrogen) atoms. The van der Waals surface area contributed by atoms with Crippen LogP contribution in [0.15, 0.2) is 18.2 Å². The lowest BCUT2D eigenvalue weighted by atomic mass is 10.2. The number of carbonyl (C=O) groups is 1. The maximum atomic E-state index is 12.9. The first kappa shape index (κ1) is 21.0. The topological polar surface area (TPSA) is 67.4 Å². The van der Waals surface area contributed by atoms with Crippen LogP contribution in [0.5, 0.6) is 5.75 Å². The van der Waals surface area contributed by atoms with Crippen molar-refractivity contribution in [3.63, 3.8) is 0 Å². The van der Waals surface area contributed by atoms with E-state index in [9.17, 15) is 4.79 Å². The van der Waals surface area contributed by atoms with E-state index in [-0.39, 0.29) is 5.91 Å². The van der Waals surface area contributed by atoms with Gasteiger partial charge in [0, 0.05) is 29.9 Å². The molecule has 1 aromatic carbocycles. The van der Waals surface area contributed by atoms with Gasteiger partial charge in [-0.25, -0.2) is 9.97 Å². The fourth-order valence-electron chi connectivity index (χ4n) is 2.80. The molecule has 0 saturated heterocycles. The lowest BCUT2D eigenvalue weighted by Crippen LogP contribution is -2.33. The summed E-state index contributed by atoms with van der Waals surface area (Å²) in [6.07, 6.45) is 1.81. The fourth-order valence-corrected chi connectivity index (χ4v) is 2.95. The Kier molecular flexibility index (Phi) is 7.42. The molecule has 1 aromatic heterocycles. The van der Waals surface area contributed by atoms with Crippen LogP contribution in [-0.4, -0.2) is 41.0 Å². The summed E-state index contributed by atoms with van der Waals surface area (Å²) < 4.78 is 5.39. The van der Waals surface area contributed by atoms with E-state index in [1.54, 1.807) is 19.2 Å². The second-order valence-electron chi connectivity index (χ2n) is 6.44. The van der Waals surface area contributed by atoms with Crippen LogP contribution in [0.2, 0.25) is 5.02 Å². The number of methoxy groups -OCH3 is 1. The lowest BCUT2D eigenvalue weighted by molar-refractivity contribution is 0.0749. The van der Waals surface area contributed by atoms with Gasteiger partial charge >= 0.3 is 0 Å². The Balaban J connectivity index is 2.35. The normalized spacial score (nSPS) is 10.6. The number of nitrogens with one attached hydrogen (secondary N) is 1. The van der Waals surface area contributed by atoms with Crippen molar-refractivity contribution in [1.82, 2.24) is 14.9 Å². The van der Waals surface area contributed by atoms with Crippen molar-refractivity contribution < 1.29 is 9.53 Å². The first-order valence-electron chi connectivity index (χ1n) is 9.15. The summed E-state index contributed by atoms with van der Waals surface area (Å²) in [6.45, 7) is 9.29. The van der Waals surface area contributed by atoms with Crippen LogP contribution in [0.3, 0.4) is 0 Å². The van der Waals surface area contributed by atoms with Crippen molar-refractivity contribution in [2.24, 2.45) is 0 Å². The minimum atomic E-state index is -0.0773. The molecule has 0 atom stereocenters. The molecule has 0 bridgehead atoms. The second-order valence-corrected chi connectivity index (χ2v) is 6.84. The molecule has 0 unspecified atom stereocenters. The maximum absolute atomic E-state index is 12.9. The van der Waals surface area contributed by atoms with E-state index in [4.69, 9.17) is 16.3 Å². The van der Waals surface area contributed by atoms with Crippen LogP contribution in [0.25, 0.3) is 0 Å². The van der Waals surface area contributed by atoms with E-state index in [0.717, 1.165) is 18.4 Å². The second kappa shape index (κ2) is 9.55. The van der Waals surface area contributed by atoms with Gasteiger partial charge in [-0.15, -0.1) is 0 Å². The molecule has 0 radical (unpaired) electrons. The summed E-state index contributed by atoms with van der Waals surface area (Å²) in [6, 6.07) is 5.33. The number of ether oxygens (including phenoxy) is 1. The fraction of sp³-hybridized carbons (Fsp3) is 0.450. The van der Waals surface area contributed by atoms with Crippen LogP contribution in [0.1, 0.15) is 48.4 Å².